The molecule has 1 aliphatic carbocycles. The molecule has 0 bridgehead atoms. The number of fused-ring (bicyclic) bond motifs is 3. The highest BCUT2D eigenvalue weighted by Gasteiger charge is 2.32. The van der Waals surface area contributed by atoms with Crippen molar-refractivity contribution in [2.45, 2.75) is 44.9 Å². The molecular formula is C22H23ClN2O5S. The van der Waals surface area contributed by atoms with Crippen molar-refractivity contribution in [2.75, 3.05) is 4.72 Å². The van der Waals surface area contributed by atoms with E-state index in [1.54, 1.807) is 18.2 Å². The van der Waals surface area contributed by atoms with E-state index in [1.165, 1.54) is 6.07 Å². The van der Waals surface area contributed by atoms with Gasteiger partial charge in [-0.25, -0.2) is 8.42 Å². The van der Waals surface area contributed by atoms with Crippen LogP contribution in [0.15, 0.2) is 45.7 Å². The molecule has 0 radical (unpaired) electrons. The summed E-state index contributed by atoms with van der Waals surface area (Å²) in [7, 11) is -4.12. The van der Waals surface area contributed by atoms with Crippen molar-refractivity contribution in [2.24, 2.45) is 11.3 Å². The fourth-order valence-corrected chi connectivity index (χ4v) is 5.67. The van der Waals surface area contributed by atoms with E-state index in [4.69, 9.17) is 16.0 Å². The molecular weight excluding hydrogens is 440 g/mol. The Balaban J connectivity index is 1.70. The number of furan rings is 1. The number of nitrogens with one attached hydrogen (secondary N) is 1. The second kappa shape index (κ2) is 7.53. The average Bonchev–Trinajstić information content (AvgIpc) is 3.04. The first-order valence-corrected chi connectivity index (χ1v) is 11.8. The third kappa shape index (κ3) is 4.14. The number of nitrogens with zero attached hydrogens (tertiary/aromatic N) is 1. The number of sulfonamides is 1. The molecule has 0 saturated carbocycles. The molecule has 0 amide bonds. The lowest BCUT2D eigenvalue weighted by molar-refractivity contribution is -0.385. The van der Waals surface area contributed by atoms with Gasteiger partial charge in [-0.1, -0.05) is 32.4 Å². The molecule has 4 rings (SSSR count). The Morgan fingerprint density at radius 2 is 1.94 bits per heavy atom. The summed E-state index contributed by atoms with van der Waals surface area (Å²) in [5.41, 5.74) is 2.00. The molecule has 0 fully saturated rings. The van der Waals surface area contributed by atoms with Gasteiger partial charge in [0.15, 0.2) is 0 Å². The summed E-state index contributed by atoms with van der Waals surface area (Å²) in [4.78, 5) is 10.0. The van der Waals surface area contributed by atoms with E-state index < -0.39 is 14.9 Å². The van der Waals surface area contributed by atoms with E-state index in [0.717, 1.165) is 53.7 Å². The zero-order chi connectivity index (χ0) is 22.6. The molecule has 1 aliphatic rings. The maximum atomic E-state index is 12.9. The van der Waals surface area contributed by atoms with Crippen molar-refractivity contribution < 1.29 is 17.8 Å². The normalized spacial score (nSPS) is 16.8. The number of halogens is 1. The van der Waals surface area contributed by atoms with Gasteiger partial charge in [0.1, 0.15) is 16.2 Å². The SMILES string of the molecule is CC(C)(C)C1CCc2oc3ccc(NS(=O)(=O)c4cc([N+](=O)[O-])ccc4Cl)cc3c2C1. The molecule has 7 nitrogen and oxygen atoms in total. The van der Waals surface area contributed by atoms with E-state index in [0.29, 0.717) is 11.6 Å². The van der Waals surface area contributed by atoms with E-state index in [2.05, 4.69) is 25.5 Å². The molecule has 1 atom stereocenters. The van der Waals surface area contributed by atoms with Crippen LogP contribution in [0.2, 0.25) is 5.02 Å². The fraction of sp³-hybridized carbons (Fsp3) is 0.364. The summed E-state index contributed by atoms with van der Waals surface area (Å²) in [5.74, 6) is 1.46. The Bertz CT molecular complexity index is 1290. The van der Waals surface area contributed by atoms with E-state index in [1.807, 2.05) is 0 Å². The van der Waals surface area contributed by atoms with Gasteiger partial charge in [-0.2, -0.15) is 0 Å². The highest BCUT2D eigenvalue weighted by atomic mass is 35.5. The first-order chi connectivity index (χ1) is 14.5. The molecule has 3 aromatic rings. The lowest BCUT2D eigenvalue weighted by Crippen LogP contribution is -2.26. The summed E-state index contributed by atoms with van der Waals surface area (Å²) < 4.78 is 34.3. The highest BCUT2D eigenvalue weighted by Crippen LogP contribution is 2.41. The topological polar surface area (TPSA) is 102 Å². The number of nitro benzene ring substituents is 1. The van der Waals surface area contributed by atoms with Crippen LogP contribution in [0.1, 0.15) is 38.5 Å². The predicted octanol–water partition coefficient (Wildman–Crippen LogP) is 5.95. The molecule has 1 heterocycles. The van der Waals surface area contributed by atoms with Crippen LogP contribution in [0.4, 0.5) is 11.4 Å². The molecule has 0 saturated heterocycles. The monoisotopic (exact) mass is 462 g/mol. The summed E-state index contributed by atoms with van der Waals surface area (Å²) in [6.45, 7) is 6.69. The average molecular weight is 463 g/mol. The number of rotatable bonds is 4. The Hall–Kier alpha value is -2.58. The molecule has 0 spiro atoms. The van der Waals surface area contributed by atoms with Crippen molar-refractivity contribution >= 4 is 44.0 Å². The largest absolute Gasteiger partial charge is 0.461 e. The standard InChI is InChI=1S/C22H23ClN2O5S/c1-22(2,3)13-4-8-19-16(10-13)17-11-14(5-9-20(17)30-19)24-31(28,29)21-12-15(25(26)27)6-7-18(21)23/h5-7,9,11-13,24H,4,8,10H2,1-3H3. The van der Waals surface area contributed by atoms with Gasteiger partial charge in [-0.15, -0.1) is 0 Å². The fourth-order valence-electron chi connectivity index (χ4n) is 4.10. The Kier molecular flexibility index (Phi) is 5.26. The number of aryl methyl sites for hydroxylation is 1. The van der Waals surface area contributed by atoms with Crippen LogP contribution in [0.5, 0.6) is 0 Å². The second-order valence-electron chi connectivity index (χ2n) is 9.00. The number of anilines is 1. The van der Waals surface area contributed by atoms with Gasteiger partial charge in [0, 0.05) is 35.2 Å². The molecule has 31 heavy (non-hydrogen) atoms. The van der Waals surface area contributed by atoms with Crippen LogP contribution < -0.4 is 4.72 Å². The number of hydrogen-bond donors (Lipinski definition) is 1. The Morgan fingerprint density at radius 3 is 2.61 bits per heavy atom. The quantitative estimate of drug-likeness (QED) is 0.381. The third-order valence-corrected chi connectivity index (χ3v) is 7.80. The van der Waals surface area contributed by atoms with Crippen molar-refractivity contribution in [1.82, 2.24) is 0 Å². The van der Waals surface area contributed by atoms with Crippen LogP contribution in [-0.2, 0) is 22.9 Å². The number of benzene rings is 2. The molecule has 0 aliphatic heterocycles. The molecule has 9 heteroatoms. The molecule has 2 aromatic carbocycles. The van der Waals surface area contributed by atoms with Crippen molar-refractivity contribution in [3.05, 3.63) is 62.9 Å². The van der Waals surface area contributed by atoms with E-state index in [-0.39, 0.29) is 21.0 Å². The molecule has 1 N–H and O–H groups in total. The predicted molar refractivity (Wildman–Crippen MR) is 120 cm³/mol. The number of hydrogen-bond acceptors (Lipinski definition) is 5. The van der Waals surface area contributed by atoms with Gasteiger partial charge in [0.2, 0.25) is 0 Å². The van der Waals surface area contributed by atoms with Gasteiger partial charge in [0.05, 0.1) is 9.95 Å². The third-order valence-electron chi connectivity index (χ3n) is 5.94. The molecule has 164 valence electrons. The maximum Gasteiger partial charge on any atom is 0.270 e. The van der Waals surface area contributed by atoms with Crippen molar-refractivity contribution in [1.29, 1.82) is 0 Å². The van der Waals surface area contributed by atoms with Crippen molar-refractivity contribution in [3.8, 4) is 0 Å². The van der Waals surface area contributed by atoms with Gasteiger partial charge in [0.25, 0.3) is 15.7 Å². The minimum absolute atomic E-state index is 0.0899. The van der Waals surface area contributed by atoms with Gasteiger partial charge >= 0.3 is 0 Å². The zero-order valence-electron chi connectivity index (χ0n) is 17.4. The lowest BCUT2D eigenvalue weighted by Gasteiger charge is -2.33. The van der Waals surface area contributed by atoms with E-state index in [9.17, 15) is 18.5 Å². The Morgan fingerprint density at radius 1 is 1.19 bits per heavy atom. The van der Waals surface area contributed by atoms with Crippen LogP contribution >= 0.6 is 11.6 Å². The van der Waals surface area contributed by atoms with Gasteiger partial charge < -0.3 is 4.42 Å². The summed E-state index contributed by atoms with van der Waals surface area (Å²) in [5, 5.41) is 11.8. The lowest BCUT2D eigenvalue weighted by atomic mass is 9.71. The first-order valence-electron chi connectivity index (χ1n) is 9.97. The van der Waals surface area contributed by atoms with Crippen LogP contribution in [0.3, 0.4) is 0 Å². The van der Waals surface area contributed by atoms with Crippen molar-refractivity contribution in [3.63, 3.8) is 0 Å². The number of non-ortho nitro benzene ring substituents is 1. The van der Waals surface area contributed by atoms with Crippen LogP contribution in [-0.4, -0.2) is 13.3 Å². The van der Waals surface area contributed by atoms with Crippen LogP contribution in [0, 0.1) is 21.4 Å². The maximum absolute atomic E-state index is 12.9. The van der Waals surface area contributed by atoms with Crippen LogP contribution in [0.25, 0.3) is 11.0 Å². The smallest absolute Gasteiger partial charge is 0.270 e. The highest BCUT2D eigenvalue weighted by molar-refractivity contribution is 7.92. The number of nitro groups is 1. The molecule has 1 unspecified atom stereocenters. The summed E-state index contributed by atoms with van der Waals surface area (Å²) in [6.07, 6.45) is 2.79. The summed E-state index contributed by atoms with van der Waals surface area (Å²) >= 11 is 6.03. The van der Waals surface area contributed by atoms with Gasteiger partial charge in [-0.3, -0.25) is 14.8 Å². The van der Waals surface area contributed by atoms with E-state index >= 15 is 0 Å². The minimum Gasteiger partial charge on any atom is -0.461 e. The summed E-state index contributed by atoms with van der Waals surface area (Å²) in [6, 6.07) is 8.43. The first kappa shape index (κ1) is 21.6. The molecule has 1 aromatic heterocycles. The second-order valence-corrected chi connectivity index (χ2v) is 11.1. The minimum atomic E-state index is -4.12. The Labute approximate surface area is 185 Å². The van der Waals surface area contributed by atoms with Gasteiger partial charge in [-0.05, 0) is 48.4 Å². The zero-order valence-corrected chi connectivity index (χ0v) is 19.0.